The van der Waals surface area contributed by atoms with E-state index >= 15 is 0 Å². The summed E-state index contributed by atoms with van der Waals surface area (Å²) in [6, 6.07) is 9.02. The molecule has 1 N–H and O–H groups in total. The Labute approximate surface area is 215 Å². The largest absolute Gasteiger partial charge is 0.462 e. The van der Waals surface area contributed by atoms with Crippen molar-refractivity contribution in [3.8, 4) is 10.4 Å². The van der Waals surface area contributed by atoms with Gasteiger partial charge in [-0.25, -0.2) is 18.4 Å². The van der Waals surface area contributed by atoms with Gasteiger partial charge in [0.15, 0.2) is 0 Å². The summed E-state index contributed by atoms with van der Waals surface area (Å²) in [6.45, 7) is 2.84. The number of benzene rings is 2. The van der Waals surface area contributed by atoms with E-state index in [1.807, 2.05) is 0 Å². The number of anilines is 1. The number of rotatable bonds is 10. The summed E-state index contributed by atoms with van der Waals surface area (Å²) in [6.07, 6.45) is -0.914. The van der Waals surface area contributed by atoms with Crippen LogP contribution in [0.2, 0.25) is 0 Å². The molecule has 3 aromatic rings. The van der Waals surface area contributed by atoms with Crippen molar-refractivity contribution >= 4 is 34.1 Å². The molecule has 0 aliphatic carbocycles. The molecule has 12 heteroatoms. The van der Waals surface area contributed by atoms with Gasteiger partial charge in [-0.2, -0.15) is 0 Å². The first-order valence-corrected chi connectivity index (χ1v) is 12.1. The number of non-ortho nitro benzene ring substituents is 1. The van der Waals surface area contributed by atoms with Gasteiger partial charge in [0, 0.05) is 34.7 Å². The highest BCUT2D eigenvalue weighted by Crippen LogP contribution is 2.44. The number of thiophene rings is 1. The Balaban J connectivity index is 2.27. The first kappa shape index (κ1) is 27.7. The zero-order valence-corrected chi connectivity index (χ0v) is 21.2. The van der Waals surface area contributed by atoms with Crippen molar-refractivity contribution in [3.05, 3.63) is 80.9 Å². The Hall–Kier alpha value is -3.90. The molecular weight excluding hydrogens is 508 g/mol. The molecule has 1 amide bonds. The molecule has 0 fully saturated rings. The SMILES string of the molecule is CCOC(=O)c1c(N(Cc2c(F)cccc2F)C(=O)OCC)sc(-c2ccc([N+](=O)[O-])cc2)c1CNC. The monoisotopic (exact) mass is 533 g/mol. The number of esters is 1. The highest BCUT2D eigenvalue weighted by atomic mass is 32.1. The van der Waals surface area contributed by atoms with Crippen molar-refractivity contribution in [1.29, 1.82) is 0 Å². The molecule has 0 aliphatic heterocycles. The van der Waals surface area contributed by atoms with Crippen LogP contribution in [0.1, 0.15) is 35.3 Å². The van der Waals surface area contributed by atoms with Gasteiger partial charge in [-0.1, -0.05) is 6.07 Å². The summed E-state index contributed by atoms with van der Waals surface area (Å²) >= 11 is 1.01. The minimum atomic E-state index is -0.914. The average molecular weight is 534 g/mol. The average Bonchev–Trinajstić information content (AvgIpc) is 3.23. The molecule has 0 saturated carbocycles. The highest BCUT2D eigenvalue weighted by Gasteiger charge is 2.33. The van der Waals surface area contributed by atoms with Gasteiger partial charge < -0.3 is 14.8 Å². The lowest BCUT2D eigenvalue weighted by molar-refractivity contribution is -0.384. The summed E-state index contributed by atoms with van der Waals surface area (Å²) in [5.41, 5.74) is 0.520. The van der Waals surface area contributed by atoms with Crippen molar-refractivity contribution in [3.63, 3.8) is 0 Å². The highest BCUT2D eigenvalue weighted by molar-refractivity contribution is 7.20. The summed E-state index contributed by atoms with van der Waals surface area (Å²) < 4.78 is 39.5. The van der Waals surface area contributed by atoms with E-state index in [1.54, 1.807) is 20.9 Å². The van der Waals surface area contributed by atoms with Crippen molar-refractivity contribution in [1.82, 2.24) is 5.32 Å². The maximum atomic E-state index is 14.6. The quantitative estimate of drug-likeness (QED) is 0.203. The van der Waals surface area contributed by atoms with Crippen LogP contribution in [-0.4, -0.2) is 37.2 Å². The lowest BCUT2D eigenvalue weighted by Gasteiger charge is -2.22. The van der Waals surface area contributed by atoms with E-state index in [0.29, 0.717) is 16.0 Å². The predicted molar refractivity (Wildman–Crippen MR) is 135 cm³/mol. The number of amides is 1. The second-order valence-electron chi connectivity index (χ2n) is 7.63. The number of nitrogens with zero attached hydrogens (tertiary/aromatic N) is 2. The normalized spacial score (nSPS) is 10.7. The van der Waals surface area contributed by atoms with Gasteiger partial charge in [-0.05, 0) is 50.7 Å². The Bertz CT molecular complexity index is 1280. The Morgan fingerprint density at radius 3 is 2.19 bits per heavy atom. The van der Waals surface area contributed by atoms with Gasteiger partial charge in [-0.3, -0.25) is 15.0 Å². The van der Waals surface area contributed by atoms with E-state index in [9.17, 15) is 28.5 Å². The molecule has 3 rings (SSSR count). The molecule has 0 atom stereocenters. The second-order valence-corrected chi connectivity index (χ2v) is 8.63. The second kappa shape index (κ2) is 12.4. The van der Waals surface area contributed by atoms with Crippen LogP contribution < -0.4 is 10.2 Å². The number of carbonyl (C=O) groups is 2. The molecule has 196 valence electrons. The molecule has 37 heavy (non-hydrogen) atoms. The number of carbonyl (C=O) groups excluding carboxylic acids is 2. The van der Waals surface area contributed by atoms with Gasteiger partial charge in [0.2, 0.25) is 0 Å². The van der Waals surface area contributed by atoms with E-state index in [0.717, 1.165) is 28.4 Å². The van der Waals surface area contributed by atoms with Crippen LogP contribution in [0.5, 0.6) is 0 Å². The van der Waals surface area contributed by atoms with Gasteiger partial charge in [0.25, 0.3) is 5.69 Å². The summed E-state index contributed by atoms with van der Waals surface area (Å²) in [5.74, 6) is -2.47. The Morgan fingerprint density at radius 1 is 1.03 bits per heavy atom. The van der Waals surface area contributed by atoms with Crippen LogP contribution in [0, 0.1) is 21.7 Å². The number of nitrogens with one attached hydrogen (secondary N) is 1. The maximum absolute atomic E-state index is 14.6. The fraction of sp³-hybridized carbons (Fsp3) is 0.280. The molecule has 0 saturated heterocycles. The fourth-order valence-corrected chi connectivity index (χ4v) is 4.93. The van der Waals surface area contributed by atoms with Crippen LogP contribution in [0.25, 0.3) is 10.4 Å². The molecule has 1 aromatic heterocycles. The van der Waals surface area contributed by atoms with E-state index < -0.39 is 35.2 Å². The Morgan fingerprint density at radius 2 is 1.65 bits per heavy atom. The summed E-state index contributed by atoms with van der Waals surface area (Å²) in [4.78, 5) is 38.3. The predicted octanol–water partition coefficient (Wildman–Crippen LogP) is 5.66. The van der Waals surface area contributed by atoms with E-state index in [4.69, 9.17) is 9.47 Å². The van der Waals surface area contributed by atoms with Crippen molar-refractivity contribution in [2.45, 2.75) is 26.9 Å². The first-order valence-electron chi connectivity index (χ1n) is 11.3. The third-order valence-corrected chi connectivity index (χ3v) is 6.58. The molecule has 0 unspecified atom stereocenters. The van der Waals surface area contributed by atoms with Gasteiger partial charge in [0.1, 0.15) is 16.6 Å². The van der Waals surface area contributed by atoms with Crippen LogP contribution in [0.4, 0.5) is 24.3 Å². The van der Waals surface area contributed by atoms with Gasteiger partial charge >= 0.3 is 12.1 Å². The van der Waals surface area contributed by atoms with Crippen molar-refractivity contribution in [2.75, 3.05) is 25.2 Å². The molecule has 0 spiro atoms. The molecular formula is C25H25F2N3O6S. The minimum absolute atomic E-state index is 0.0201. The smallest absolute Gasteiger partial charge is 0.415 e. The molecule has 9 nitrogen and oxygen atoms in total. The number of nitro groups is 1. The number of ether oxygens (including phenoxy) is 2. The standard InChI is InChI=1S/C25H25F2N3O6S/c1-4-35-24(31)21-17(13-28-3)22(15-9-11-16(12-10-15)30(33)34)37-23(21)29(25(32)36-5-2)14-18-19(26)7-6-8-20(18)27/h6-12,28H,4-5,13-14H2,1-3H3. The van der Waals surface area contributed by atoms with Crippen LogP contribution >= 0.6 is 11.3 Å². The van der Waals surface area contributed by atoms with E-state index in [1.165, 1.54) is 30.3 Å². The van der Waals surface area contributed by atoms with E-state index in [2.05, 4.69) is 5.32 Å². The number of hydrogen-bond acceptors (Lipinski definition) is 8. The molecule has 1 heterocycles. The zero-order chi connectivity index (χ0) is 27.1. The number of halogens is 2. The third kappa shape index (κ3) is 6.09. The summed E-state index contributed by atoms with van der Waals surface area (Å²) in [7, 11) is 1.66. The van der Waals surface area contributed by atoms with E-state index in [-0.39, 0.29) is 41.6 Å². The van der Waals surface area contributed by atoms with Crippen molar-refractivity contribution in [2.24, 2.45) is 0 Å². The minimum Gasteiger partial charge on any atom is -0.462 e. The first-order chi connectivity index (χ1) is 17.7. The maximum Gasteiger partial charge on any atom is 0.415 e. The molecule has 0 bridgehead atoms. The van der Waals surface area contributed by atoms with Crippen LogP contribution in [0.3, 0.4) is 0 Å². The Kier molecular flexibility index (Phi) is 9.25. The molecule has 0 radical (unpaired) electrons. The fourth-order valence-electron chi connectivity index (χ4n) is 3.63. The number of hydrogen-bond donors (Lipinski definition) is 1. The van der Waals surface area contributed by atoms with Crippen LogP contribution in [0.15, 0.2) is 42.5 Å². The molecule has 0 aliphatic rings. The van der Waals surface area contributed by atoms with Gasteiger partial charge in [-0.15, -0.1) is 11.3 Å². The summed E-state index contributed by atoms with van der Waals surface area (Å²) in [5, 5.41) is 14.1. The third-order valence-electron chi connectivity index (χ3n) is 5.27. The lowest BCUT2D eigenvalue weighted by atomic mass is 10.0. The van der Waals surface area contributed by atoms with Crippen LogP contribution in [-0.2, 0) is 22.6 Å². The topological polar surface area (TPSA) is 111 Å². The number of nitro benzene ring substituents is 1. The lowest BCUT2D eigenvalue weighted by Crippen LogP contribution is -2.32. The molecule has 2 aromatic carbocycles. The zero-order valence-electron chi connectivity index (χ0n) is 20.4. The van der Waals surface area contributed by atoms with Crippen molar-refractivity contribution < 1.29 is 32.8 Å². The van der Waals surface area contributed by atoms with Gasteiger partial charge in [0.05, 0.1) is 30.2 Å².